The van der Waals surface area contributed by atoms with E-state index in [0.29, 0.717) is 24.0 Å². The summed E-state index contributed by atoms with van der Waals surface area (Å²) in [4.78, 5) is 12.3. The molecule has 0 spiro atoms. The number of benzene rings is 1. The summed E-state index contributed by atoms with van der Waals surface area (Å²) in [6.07, 6.45) is 9.14. The van der Waals surface area contributed by atoms with Crippen LogP contribution in [0.25, 0.3) is 0 Å². The molecule has 0 bridgehead atoms. The quantitative estimate of drug-likeness (QED) is 0.897. The zero-order chi connectivity index (χ0) is 14.9. The minimum atomic E-state index is 0.232. The molecule has 0 aliphatic heterocycles. The molecule has 1 amide bonds. The number of hydrogen-bond donors (Lipinski definition) is 2. The number of carbonyl (C=O) groups is 1. The number of nitrogens with one attached hydrogen (secondary N) is 2. The van der Waals surface area contributed by atoms with Gasteiger partial charge in [0.1, 0.15) is 0 Å². The smallest absolute Gasteiger partial charge is 0.223 e. The average Bonchev–Trinajstić information content (AvgIpc) is 3.24. The fourth-order valence-corrected chi connectivity index (χ4v) is 4.14. The molecule has 2 atom stereocenters. The first kappa shape index (κ1) is 14.3. The van der Waals surface area contributed by atoms with Crippen LogP contribution in [0.5, 0.6) is 0 Å². The Bertz CT molecular complexity index is 527. The van der Waals surface area contributed by atoms with Gasteiger partial charge in [-0.1, -0.05) is 30.7 Å². The molecular formula is C19H26N2O. The van der Waals surface area contributed by atoms with Gasteiger partial charge in [-0.25, -0.2) is 0 Å². The number of fused-ring (bicyclic) bond motifs is 1. The summed E-state index contributed by atoms with van der Waals surface area (Å²) in [7, 11) is 0. The van der Waals surface area contributed by atoms with Gasteiger partial charge in [0.15, 0.2) is 0 Å². The molecule has 22 heavy (non-hydrogen) atoms. The molecule has 3 aliphatic carbocycles. The van der Waals surface area contributed by atoms with Crippen molar-refractivity contribution < 1.29 is 4.79 Å². The fraction of sp³-hybridized carbons (Fsp3) is 0.632. The first-order valence-corrected chi connectivity index (χ1v) is 8.91. The number of amides is 1. The maximum atomic E-state index is 12.3. The summed E-state index contributed by atoms with van der Waals surface area (Å²) >= 11 is 0. The van der Waals surface area contributed by atoms with Crippen molar-refractivity contribution in [3.8, 4) is 0 Å². The van der Waals surface area contributed by atoms with Gasteiger partial charge in [-0.2, -0.15) is 0 Å². The summed E-state index contributed by atoms with van der Waals surface area (Å²) in [5.74, 6) is 0.541. The van der Waals surface area contributed by atoms with E-state index in [9.17, 15) is 4.79 Å². The van der Waals surface area contributed by atoms with Crippen LogP contribution in [-0.2, 0) is 17.6 Å². The van der Waals surface area contributed by atoms with Crippen molar-refractivity contribution in [3.05, 3.63) is 35.4 Å². The van der Waals surface area contributed by atoms with Crippen LogP contribution in [0.15, 0.2) is 24.3 Å². The highest BCUT2D eigenvalue weighted by Gasteiger charge is 2.32. The summed E-state index contributed by atoms with van der Waals surface area (Å²) in [6.45, 7) is 0. The second kappa shape index (κ2) is 6.04. The van der Waals surface area contributed by atoms with E-state index in [1.165, 1.54) is 36.8 Å². The lowest BCUT2D eigenvalue weighted by Gasteiger charge is -2.31. The second-order valence-corrected chi connectivity index (χ2v) is 7.38. The van der Waals surface area contributed by atoms with Gasteiger partial charge >= 0.3 is 0 Å². The molecule has 2 saturated carbocycles. The molecule has 118 valence electrons. The van der Waals surface area contributed by atoms with Crippen molar-refractivity contribution in [1.82, 2.24) is 10.6 Å². The van der Waals surface area contributed by atoms with Crippen LogP contribution in [0, 0.1) is 5.92 Å². The summed E-state index contributed by atoms with van der Waals surface area (Å²) in [5, 5.41) is 7.02. The Hall–Kier alpha value is -1.35. The van der Waals surface area contributed by atoms with E-state index in [1.807, 2.05) is 0 Å². The van der Waals surface area contributed by atoms with Gasteiger partial charge in [0.2, 0.25) is 5.91 Å². The molecule has 1 aromatic rings. The van der Waals surface area contributed by atoms with Crippen LogP contribution in [0.1, 0.15) is 49.7 Å². The van der Waals surface area contributed by atoms with Gasteiger partial charge in [0.25, 0.3) is 0 Å². The van der Waals surface area contributed by atoms with Gasteiger partial charge in [-0.05, 0) is 56.1 Å². The predicted octanol–water partition coefficient (Wildman–Crippen LogP) is 2.58. The third-order valence-corrected chi connectivity index (χ3v) is 5.49. The van der Waals surface area contributed by atoms with Gasteiger partial charge in [0.05, 0.1) is 0 Å². The highest BCUT2D eigenvalue weighted by molar-refractivity contribution is 5.79. The predicted molar refractivity (Wildman–Crippen MR) is 87.7 cm³/mol. The Morgan fingerprint density at radius 1 is 0.909 bits per heavy atom. The van der Waals surface area contributed by atoms with Gasteiger partial charge in [-0.15, -0.1) is 0 Å². The van der Waals surface area contributed by atoms with E-state index < -0.39 is 0 Å². The van der Waals surface area contributed by atoms with Crippen LogP contribution < -0.4 is 10.6 Å². The number of rotatable bonds is 4. The molecule has 4 rings (SSSR count). The molecular weight excluding hydrogens is 272 g/mol. The third kappa shape index (κ3) is 3.19. The summed E-state index contributed by atoms with van der Waals surface area (Å²) in [5.41, 5.74) is 3.00. The Kier molecular flexibility index (Phi) is 3.91. The molecule has 0 saturated heterocycles. The summed E-state index contributed by atoms with van der Waals surface area (Å²) < 4.78 is 0. The molecule has 0 radical (unpaired) electrons. The molecule has 3 aliphatic rings. The first-order valence-electron chi connectivity index (χ1n) is 8.91. The van der Waals surface area contributed by atoms with Crippen LogP contribution in [-0.4, -0.2) is 24.0 Å². The van der Waals surface area contributed by atoms with Crippen LogP contribution in [0.3, 0.4) is 0 Å². The van der Waals surface area contributed by atoms with Crippen LogP contribution in [0.4, 0.5) is 0 Å². The SMILES string of the molecule is O=C(NC1CC1)C1CCCC(NC2Cc3ccccc3C2)C1. The molecule has 1 aromatic carbocycles. The first-order chi connectivity index (χ1) is 10.8. The van der Waals surface area contributed by atoms with Crippen molar-refractivity contribution in [2.45, 2.75) is 69.5 Å². The molecule has 0 aromatic heterocycles. The third-order valence-electron chi connectivity index (χ3n) is 5.49. The highest BCUT2D eigenvalue weighted by Crippen LogP contribution is 2.29. The van der Waals surface area contributed by atoms with Crippen molar-refractivity contribution in [1.29, 1.82) is 0 Å². The molecule has 2 unspecified atom stereocenters. The van der Waals surface area contributed by atoms with Crippen molar-refractivity contribution in [2.24, 2.45) is 5.92 Å². The topological polar surface area (TPSA) is 41.1 Å². The van der Waals surface area contributed by atoms with E-state index in [1.54, 1.807) is 0 Å². The zero-order valence-electron chi connectivity index (χ0n) is 13.2. The lowest BCUT2D eigenvalue weighted by Crippen LogP contribution is -2.44. The number of carbonyl (C=O) groups excluding carboxylic acids is 1. The largest absolute Gasteiger partial charge is 0.353 e. The minimum absolute atomic E-state index is 0.232. The summed E-state index contributed by atoms with van der Waals surface area (Å²) in [6, 6.07) is 10.4. The molecule has 2 fully saturated rings. The van der Waals surface area contributed by atoms with E-state index in [4.69, 9.17) is 0 Å². The van der Waals surface area contributed by atoms with Crippen molar-refractivity contribution >= 4 is 5.91 Å². The number of hydrogen-bond acceptors (Lipinski definition) is 2. The van der Waals surface area contributed by atoms with Gasteiger partial charge in [0, 0.05) is 24.0 Å². The normalized spacial score (nSPS) is 28.4. The monoisotopic (exact) mass is 298 g/mol. The lowest BCUT2D eigenvalue weighted by atomic mass is 9.84. The lowest BCUT2D eigenvalue weighted by molar-refractivity contribution is -0.126. The Balaban J connectivity index is 1.30. The molecule has 2 N–H and O–H groups in total. The van der Waals surface area contributed by atoms with Crippen molar-refractivity contribution in [2.75, 3.05) is 0 Å². The maximum absolute atomic E-state index is 12.3. The minimum Gasteiger partial charge on any atom is -0.353 e. The van der Waals surface area contributed by atoms with E-state index in [0.717, 1.165) is 25.7 Å². The maximum Gasteiger partial charge on any atom is 0.223 e. The van der Waals surface area contributed by atoms with Crippen molar-refractivity contribution in [3.63, 3.8) is 0 Å². The Labute approximate surface area is 132 Å². The standard InChI is InChI=1S/C19H26N2O/c22-19(21-16-8-9-16)15-6-3-7-17(12-15)20-18-10-13-4-1-2-5-14(13)11-18/h1-2,4-5,15-18,20H,3,6-12H2,(H,21,22). The van der Waals surface area contributed by atoms with E-state index >= 15 is 0 Å². The Morgan fingerprint density at radius 3 is 2.32 bits per heavy atom. The zero-order valence-corrected chi connectivity index (χ0v) is 13.2. The van der Waals surface area contributed by atoms with Crippen LogP contribution in [0.2, 0.25) is 0 Å². The van der Waals surface area contributed by atoms with Gasteiger partial charge in [-0.3, -0.25) is 4.79 Å². The fourth-order valence-electron chi connectivity index (χ4n) is 4.14. The molecule has 0 heterocycles. The molecule has 3 nitrogen and oxygen atoms in total. The molecule has 3 heteroatoms. The average molecular weight is 298 g/mol. The van der Waals surface area contributed by atoms with E-state index in [2.05, 4.69) is 34.9 Å². The van der Waals surface area contributed by atoms with Gasteiger partial charge < -0.3 is 10.6 Å². The van der Waals surface area contributed by atoms with Crippen LogP contribution >= 0.6 is 0 Å². The van der Waals surface area contributed by atoms with E-state index in [-0.39, 0.29) is 5.92 Å². The Morgan fingerprint density at radius 2 is 1.64 bits per heavy atom. The second-order valence-electron chi connectivity index (χ2n) is 7.38. The highest BCUT2D eigenvalue weighted by atomic mass is 16.2.